The van der Waals surface area contributed by atoms with Gasteiger partial charge in [0.15, 0.2) is 0 Å². The van der Waals surface area contributed by atoms with E-state index in [9.17, 15) is 5.11 Å². The molecule has 2 unspecified atom stereocenters. The van der Waals surface area contributed by atoms with E-state index < -0.39 is 0 Å². The van der Waals surface area contributed by atoms with Crippen molar-refractivity contribution in [1.29, 1.82) is 0 Å². The van der Waals surface area contributed by atoms with Crippen LogP contribution in [0.3, 0.4) is 0 Å². The Morgan fingerprint density at radius 1 is 1.07 bits per heavy atom. The second kappa shape index (κ2) is 6.44. The first-order valence-corrected chi connectivity index (χ1v) is 10.4. The van der Waals surface area contributed by atoms with Gasteiger partial charge in [0.05, 0.1) is 7.11 Å². The highest BCUT2D eigenvalue weighted by molar-refractivity contribution is 5.55. The summed E-state index contributed by atoms with van der Waals surface area (Å²) in [7, 11) is 1.73. The zero-order chi connectivity index (χ0) is 18.4. The maximum Gasteiger partial charge on any atom is 0.126 e. The Morgan fingerprint density at radius 2 is 1.93 bits per heavy atom. The third-order valence-electron chi connectivity index (χ3n) is 7.27. The number of phenols is 1. The molecule has 2 atom stereocenters. The van der Waals surface area contributed by atoms with Crippen molar-refractivity contribution in [3.05, 3.63) is 70.3 Å². The van der Waals surface area contributed by atoms with Crippen LogP contribution in [-0.4, -0.2) is 12.2 Å². The van der Waals surface area contributed by atoms with Crippen molar-refractivity contribution in [3.63, 3.8) is 0 Å². The van der Waals surface area contributed by atoms with Crippen molar-refractivity contribution in [2.75, 3.05) is 7.11 Å². The lowest BCUT2D eigenvalue weighted by atomic mass is 9.61. The fourth-order valence-corrected chi connectivity index (χ4v) is 6.22. The zero-order valence-corrected chi connectivity index (χ0v) is 16.1. The molecule has 140 valence electrons. The minimum absolute atomic E-state index is 0.330. The van der Waals surface area contributed by atoms with E-state index in [1.54, 1.807) is 24.3 Å². The third-order valence-corrected chi connectivity index (χ3v) is 7.27. The lowest BCUT2D eigenvalue weighted by Crippen LogP contribution is -2.31. The number of fused-ring (bicyclic) bond motifs is 4. The van der Waals surface area contributed by atoms with E-state index in [4.69, 9.17) is 4.74 Å². The monoisotopic (exact) mass is 360 g/mol. The molecule has 27 heavy (non-hydrogen) atoms. The molecule has 2 aromatic carbocycles. The van der Waals surface area contributed by atoms with Crippen molar-refractivity contribution in [1.82, 2.24) is 0 Å². The number of rotatable bonds is 3. The summed E-state index contributed by atoms with van der Waals surface area (Å²) in [6, 6.07) is 14.8. The van der Waals surface area contributed by atoms with Crippen LogP contribution >= 0.6 is 0 Å². The Bertz CT molecular complexity index is 879. The molecule has 2 aromatic rings. The summed E-state index contributed by atoms with van der Waals surface area (Å²) in [5, 5.41) is 10.1. The summed E-state index contributed by atoms with van der Waals surface area (Å²) >= 11 is 0. The van der Waals surface area contributed by atoms with Crippen LogP contribution in [0.4, 0.5) is 0 Å². The van der Waals surface area contributed by atoms with Gasteiger partial charge in [-0.25, -0.2) is 0 Å². The van der Waals surface area contributed by atoms with E-state index in [-0.39, 0.29) is 0 Å². The number of ether oxygens (including phenoxy) is 1. The number of methoxy groups -OCH3 is 1. The molecule has 0 amide bonds. The highest BCUT2D eigenvalue weighted by atomic mass is 16.5. The van der Waals surface area contributed by atoms with Gasteiger partial charge in [0, 0.05) is 17.5 Å². The highest BCUT2D eigenvalue weighted by Crippen LogP contribution is 2.60. The van der Waals surface area contributed by atoms with Gasteiger partial charge in [-0.05, 0) is 74.0 Å². The van der Waals surface area contributed by atoms with Gasteiger partial charge in [0.25, 0.3) is 0 Å². The molecule has 2 heteroatoms. The lowest BCUT2D eigenvalue weighted by molar-refractivity contribution is 0.285. The molecule has 1 saturated carbocycles. The quantitative estimate of drug-likeness (QED) is 0.687. The van der Waals surface area contributed by atoms with Gasteiger partial charge in [0.1, 0.15) is 11.5 Å². The normalized spacial score (nSPS) is 26.3. The topological polar surface area (TPSA) is 29.5 Å². The van der Waals surface area contributed by atoms with E-state index in [0.717, 1.165) is 18.6 Å². The highest BCUT2D eigenvalue weighted by Gasteiger charge is 2.46. The van der Waals surface area contributed by atoms with Crippen molar-refractivity contribution in [2.24, 2.45) is 5.41 Å². The number of hydrogen-bond acceptors (Lipinski definition) is 2. The number of phenolic OH excluding ortho intramolecular Hbond substituents is 1. The van der Waals surface area contributed by atoms with Crippen molar-refractivity contribution in [2.45, 2.75) is 57.3 Å². The van der Waals surface area contributed by atoms with Crippen molar-refractivity contribution >= 4 is 0 Å². The second-order valence-corrected chi connectivity index (χ2v) is 8.61. The predicted octanol–water partition coefficient (Wildman–Crippen LogP) is 5.93. The SMILES string of the molecule is COc1cc(O)cc2c1C1CCC3(Cc4ccccc4)CCCC3=C1CC2. The van der Waals surface area contributed by atoms with Gasteiger partial charge in [-0.15, -0.1) is 0 Å². The average Bonchev–Trinajstić information content (AvgIpc) is 3.11. The van der Waals surface area contributed by atoms with Gasteiger partial charge < -0.3 is 9.84 Å². The summed E-state index contributed by atoms with van der Waals surface area (Å²) in [5.41, 5.74) is 7.97. The van der Waals surface area contributed by atoms with Crippen LogP contribution in [0.2, 0.25) is 0 Å². The molecule has 0 aliphatic heterocycles. The molecule has 0 saturated heterocycles. The van der Waals surface area contributed by atoms with E-state index in [0.29, 0.717) is 17.1 Å². The Hall–Kier alpha value is -2.22. The first-order chi connectivity index (χ1) is 13.2. The molecule has 0 aromatic heterocycles. The molecule has 3 aliphatic rings. The van der Waals surface area contributed by atoms with E-state index in [1.807, 2.05) is 6.07 Å². The van der Waals surface area contributed by atoms with Gasteiger partial charge in [-0.3, -0.25) is 0 Å². The largest absolute Gasteiger partial charge is 0.508 e. The third kappa shape index (κ3) is 2.69. The number of aryl methyl sites for hydroxylation is 1. The zero-order valence-electron chi connectivity index (χ0n) is 16.1. The van der Waals surface area contributed by atoms with Crippen LogP contribution in [0, 0.1) is 5.41 Å². The molecule has 1 N–H and O–H groups in total. The summed E-state index contributed by atoms with van der Waals surface area (Å²) < 4.78 is 5.69. The summed E-state index contributed by atoms with van der Waals surface area (Å²) in [6.07, 6.45) is 9.79. The fourth-order valence-electron chi connectivity index (χ4n) is 6.22. The van der Waals surface area contributed by atoms with Crippen molar-refractivity contribution in [3.8, 4) is 11.5 Å². The number of hydrogen-bond donors (Lipinski definition) is 1. The van der Waals surface area contributed by atoms with Gasteiger partial charge in [0.2, 0.25) is 0 Å². The second-order valence-electron chi connectivity index (χ2n) is 8.61. The van der Waals surface area contributed by atoms with E-state index in [1.165, 1.54) is 55.2 Å². The van der Waals surface area contributed by atoms with Crippen LogP contribution < -0.4 is 4.74 Å². The predicted molar refractivity (Wildman–Crippen MR) is 108 cm³/mol. The van der Waals surface area contributed by atoms with Gasteiger partial charge in [-0.1, -0.05) is 41.5 Å². The Kier molecular flexibility index (Phi) is 4.03. The molecule has 0 spiro atoms. The van der Waals surface area contributed by atoms with Crippen LogP contribution in [0.15, 0.2) is 53.6 Å². The lowest BCUT2D eigenvalue weighted by Gasteiger charge is -2.43. The summed E-state index contributed by atoms with van der Waals surface area (Å²) in [6.45, 7) is 0. The first kappa shape index (κ1) is 16.9. The molecule has 3 aliphatic carbocycles. The Labute approximate surface area is 161 Å². The minimum Gasteiger partial charge on any atom is -0.508 e. The first-order valence-electron chi connectivity index (χ1n) is 10.4. The molecule has 1 fully saturated rings. The molecule has 0 heterocycles. The van der Waals surface area contributed by atoms with E-state index >= 15 is 0 Å². The standard InChI is InChI=1S/C25H28O2/c1-27-23-15-19(26)14-18-9-10-20-21(24(18)23)11-13-25(12-5-8-22(20)25)16-17-6-3-2-4-7-17/h2-4,6-7,14-15,21,26H,5,8-13,16H2,1H3. The van der Waals surface area contributed by atoms with Crippen LogP contribution in [0.5, 0.6) is 11.5 Å². The molecular weight excluding hydrogens is 332 g/mol. The van der Waals surface area contributed by atoms with Crippen LogP contribution in [0.1, 0.15) is 61.1 Å². The maximum absolute atomic E-state index is 10.1. The summed E-state index contributed by atoms with van der Waals surface area (Å²) in [4.78, 5) is 0. The van der Waals surface area contributed by atoms with Crippen molar-refractivity contribution < 1.29 is 9.84 Å². The molecule has 2 nitrogen and oxygen atoms in total. The molecule has 0 radical (unpaired) electrons. The summed E-state index contributed by atoms with van der Waals surface area (Å²) in [5.74, 6) is 1.69. The average molecular weight is 360 g/mol. The molecule has 0 bridgehead atoms. The number of benzene rings is 2. The molecule has 5 rings (SSSR count). The van der Waals surface area contributed by atoms with Gasteiger partial charge in [-0.2, -0.15) is 0 Å². The van der Waals surface area contributed by atoms with E-state index in [2.05, 4.69) is 30.3 Å². The molecular formula is C25H28O2. The van der Waals surface area contributed by atoms with Gasteiger partial charge >= 0.3 is 0 Å². The number of aromatic hydroxyl groups is 1. The fraction of sp³-hybridized carbons (Fsp3) is 0.440. The number of allylic oxidation sites excluding steroid dienone is 2. The smallest absolute Gasteiger partial charge is 0.126 e. The minimum atomic E-state index is 0.330. The van der Waals surface area contributed by atoms with Crippen LogP contribution in [0.25, 0.3) is 0 Å². The Balaban J connectivity index is 1.58. The maximum atomic E-state index is 10.1. The van der Waals surface area contributed by atoms with Crippen LogP contribution in [-0.2, 0) is 12.8 Å². The Morgan fingerprint density at radius 3 is 2.74 bits per heavy atom.